The molecule has 0 aliphatic rings. The Bertz CT molecular complexity index is 895. The second-order valence-corrected chi connectivity index (χ2v) is 8.95. The van der Waals surface area contributed by atoms with E-state index in [9.17, 15) is 13.2 Å². The van der Waals surface area contributed by atoms with Crippen LogP contribution >= 0.6 is 0 Å². The van der Waals surface area contributed by atoms with Crippen LogP contribution in [0.15, 0.2) is 72.1 Å². The van der Waals surface area contributed by atoms with Crippen molar-refractivity contribution in [2.24, 2.45) is 0 Å². The number of hydrogen-bond acceptors (Lipinski definition) is 4. The second-order valence-electron chi connectivity index (χ2n) is 7.01. The van der Waals surface area contributed by atoms with Crippen LogP contribution in [0.5, 0.6) is 0 Å². The predicted molar refractivity (Wildman–Crippen MR) is 116 cm³/mol. The summed E-state index contributed by atoms with van der Waals surface area (Å²) in [6.45, 7) is 5.60. The molecule has 2 rings (SSSR count). The highest BCUT2D eigenvalue weighted by Gasteiger charge is 2.23. The number of rotatable bonds is 11. The molecule has 0 aliphatic carbocycles. The first-order valence-corrected chi connectivity index (χ1v) is 11.0. The van der Waals surface area contributed by atoms with Gasteiger partial charge in [0.2, 0.25) is 10.0 Å². The monoisotopic (exact) mass is 415 g/mol. The zero-order chi connectivity index (χ0) is 21.3. The summed E-state index contributed by atoms with van der Waals surface area (Å²) in [4.78, 5) is 14.5. The molecule has 0 fully saturated rings. The van der Waals surface area contributed by atoms with E-state index < -0.39 is 10.0 Å². The molecular weight excluding hydrogens is 386 g/mol. The van der Waals surface area contributed by atoms with Crippen molar-refractivity contribution in [3.63, 3.8) is 0 Å². The van der Waals surface area contributed by atoms with Gasteiger partial charge in [-0.25, -0.2) is 8.42 Å². The van der Waals surface area contributed by atoms with E-state index >= 15 is 0 Å². The van der Waals surface area contributed by atoms with Crippen molar-refractivity contribution in [2.75, 3.05) is 33.7 Å². The highest BCUT2D eigenvalue weighted by molar-refractivity contribution is 7.89. The lowest BCUT2D eigenvalue weighted by Crippen LogP contribution is -2.31. The third kappa shape index (κ3) is 6.81. The number of hydrogen-bond donors (Lipinski definition) is 1. The van der Waals surface area contributed by atoms with E-state index in [-0.39, 0.29) is 23.9 Å². The Morgan fingerprint density at radius 2 is 1.72 bits per heavy atom. The van der Waals surface area contributed by atoms with Gasteiger partial charge in [-0.15, -0.1) is 6.58 Å². The fraction of sp³-hybridized carbons (Fsp3) is 0.318. The maximum absolute atomic E-state index is 12.9. The van der Waals surface area contributed by atoms with E-state index in [0.29, 0.717) is 12.1 Å². The van der Waals surface area contributed by atoms with Gasteiger partial charge >= 0.3 is 0 Å². The molecule has 0 heterocycles. The third-order valence-corrected chi connectivity index (χ3v) is 6.18. The van der Waals surface area contributed by atoms with Crippen LogP contribution in [-0.2, 0) is 16.6 Å². The molecule has 0 atom stereocenters. The topological polar surface area (TPSA) is 69.7 Å². The summed E-state index contributed by atoms with van der Waals surface area (Å²) >= 11 is 0. The molecule has 1 N–H and O–H groups in total. The first-order valence-electron chi connectivity index (χ1n) is 9.52. The second kappa shape index (κ2) is 10.9. The maximum Gasteiger partial charge on any atom is 0.251 e. The molecule has 0 unspecified atom stereocenters. The normalized spacial score (nSPS) is 11.6. The van der Waals surface area contributed by atoms with Crippen molar-refractivity contribution in [3.05, 3.63) is 78.4 Å². The van der Waals surface area contributed by atoms with E-state index in [1.807, 2.05) is 14.1 Å². The van der Waals surface area contributed by atoms with Crippen LogP contribution in [-0.4, -0.2) is 57.3 Å². The van der Waals surface area contributed by atoms with Gasteiger partial charge < -0.3 is 10.2 Å². The largest absolute Gasteiger partial charge is 0.352 e. The molecule has 2 aromatic carbocycles. The van der Waals surface area contributed by atoms with E-state index in [1.165, 1.54) is 4.31 Å². The van der Waals surface area contributed by atoms with Gasteiger partial charge in [-0.05, 0) is 56.9 Å². The highest BCUT2D eigenvalue weighted by atomic mass is 32.2. The molecule has 0 spiro atoms. The zero-order valence-corrected chi connectivity index (χ0v) is 17.9. The lowest BCUT2D eigenvalue weighted by molar-refractivity contribution is 0.0952. The summed E-state index contributed by atoms with van der Waals surface area (Å²) in [7, 11) is 0.357. The average molecular weight is 416 g/mol. The van der Waals surface area contributed by atoms with Gasteiger partial charge in [0.15, 0.2) is 0 Å². The van der Waals surface area contributed by atoms with Gasteiger partial charge in [-0.3, -0.25) is 4.79 Å². The van der Waals surface area contributed by atoms with Crippen molar-refractivity contribution in [1.82, 2.24) is 14.5 Å². The number of amides is 1. The van der Waals surface area contributed by atoms with Gasteiger partial charge in [0.05, 0.1) is 4.90 Å². The van der Waals surface area contributed by atoms with E-state index in [4.69, 9.17) is 0 Å². The summed E-state index contributed by atoms with van der Waals surface area (Å²) in [5, 5.41) is 2.90. The van der Waals surface area contributed by atoms with Crippen molar-refractivity contribution in [3.8, 4) is 0 Å². The molecule has 0 radical (unpaired) electrons. The van der Waals surface area contributed by atoms with Gasteiger partial charge in [-0.1, -0.05) is 36.4 Å². The van der Waals surface area contributed by atoms with Crippen molar-refractivity contribution >= 4 is 15.9 Å². The number of nitrogens with zero attached hydrogens (tertiary/aromatic N) is 2. The summed E-state index contributed by atoms with van der Waals surface area (Å²) < 4.78 is 27.2. The molecule has 0 saturated heterocycles. The van der Waals surface area contributed by atoms with Crippen LogP contribution in [0.25, 0.3) is 0 Å². The van der Waals surface area contributed by atoms with Gasteiger partial charge in [-0.2, -0.15) is 4.31 Å². The molecule has 156 valence electrons. The Morgan fingerprint density at radius 1 is 1.07 bits per heavy atom. The number of carbonyl (C=O) groups is 1. The fourth-order valence-corrected chi connectivity index (χ4v) is 4.22. The Labute approximate surface area is 173 Å². The predicted octanol–water partition coefficient (Wildman–Crippen LogP) is 2.75. The molecule has 6 nitrogen and oxygen atoms in total. The lowest BCUT2D eigenvalue weighted by atomic mass is 10.1. The number of carbonyl (C=O) groups excluding carboxylic acids is 1. The molecule has 2 aromatic rings. The molecule has 0 saturated carbocycles. The van der Waals surface area contributed by atoms with Crippen LogP contribution in [0.4, 0.5) is 0 Å². The van der Waals surface area contributed by atoms with Crippen LogP contribution < -0.4 is 5.32 Å². The first-order chi connectivity index (χ1) is 13.8. The SMILES string of the molecule is C=CCN(Cc1ccc(C(=O)NCCCN(C)C)cc1)S(=O)(=O)c1ccccc1. The first kappa shape index (κ1) is 22.8. The van der Waals surface area contributed by atoms with Gasteiger partial charge in [0, 0.05) is 25.2 Å². The van der Waals surface area contributed by atoms with Crippen LogP contribution in [0.3, 0.4) is 0 Å². The Hall–Kier alpha value is -2.48. The molecule has 1 amide bonds. The fourth-order valence-electron chi connectivity index (χ4n) is 2.80. The van der Waals surface area contributed by atoms with Gasteiger partial charge in [0.1, 0.15) is 0 Å². The summed E-state index contributed by atoms with van der Waals surface area (Å²) in [6, 6.07) is 15.3. The third-order valence-electron chi connectivity index (χ3n) is 4.36. The molecular formula is C22H29N3O3S. The maximum atomic E-state index is 12.9. The van der Waals surface area contributed by atoms with Crippen LogP contribution in [0.2, 0.25) is 0 Å². The lowest BCUT2D eigenvalue weighted by Gasteiger charge is -2.21. The number of benzene rings is 2. The van der Waals surface area contributed by atoms with Gasteiger partial charge in [0.25, 0.3) is 5.91 Å². The quantitative estimate of drug-likeness (QED) is 0.453. The molecule has 7 heteroatoms. The van der Waals surface area contributed by atoms with Crippen molar-refractivity contribution < 1.29 is 13.2 Å². The highest BCUT2D eigenvalue weighted by Crippen LogP contribution is 2.18. The zero-order valence-electron chi connectivity index (χ0n) is 17.0. The smallest absolute Gasteiger partial charge is 0.251 e. The molecule has 0 bridgehead atoms. The summed E-state index contributed by atoms with van der Waals surface area (Å²) in [5.41, 5.74) is 1.36. The number of sulfonamides is 1. The Balaban J connectivity index is 2.04. The minimum absolute atomic E-state index is 0.129. The van der Waals surface area contributed by atoms with Crippen LogP contribution in [0.1, 0.15) is 22.3 Å². The number of nitrogens with one attached hydrogen (secondary N) is 1. The standard InChI is InChI=1S/C22H29N3O3S/c1-4-16-25(29(27,28)21-9-6-5-7-10-21)18-19-11-13-20(14-12-19)22(26)23-15-8-17-24(2)3/h4-7,9-14H,1,8,15-18H2,2-3H3,(H,23,26). The average Bonchev–Trinajstić information content (AvgIpc) is 2.71. The van der Waals surface area contributed by atoms with E-state index in [1.54, 1.807) is 60.7 Å². The Kier molecular flexibility index (Phi) is 8.57. The minimum atomic E-state index is -3.63. The van der Waals surface area contributed by atoms with Crippen molar-refractivity contribution in [1.29, 1.82) is 0 Å². The summed E-state index contributed by atoms with van der Waals surface area (Å²) in [6.07, 6.45) is 2.45. The molecule has 0 aliphatic heterocycles. The van der Waals surface area contributed by atoms with Crippen LogP contribution in [0, 0.1) is 0 Å². The minimum Gasteiger partial charge on any atom is -0.352 e. The Morgan fingerprint density at radius 3 is 2.31 bits per heavy atom. The van der Waals surface area contributed by atoms with Crippen molar-refractivity contribution in [2.45, 2.75) is 17.9 Å². The summed E-state index contributed by atoms with van der Waals surface area (Å²) in [5.74, 6) is -0.129. The molecule has 0 aromatic heterocycles. The van der Waals surface area contributed by atoms with E-state index in [0.717, 1.165) is 18.5 Å². The molecule has 29 heavy (non-hydrogen) atoms. The van der Waals surface area contributed by atoms with E-state index in [2.05, 4.69) is 16.8 Å².